The molecule has 2 heterocycles. The lowest BCUT2D eigenvalue weighted by Gasteiger charge is -2.12. The van der Waals surface area contributed by atoms with E-state index in [2.05, 4.69) is 27.5 Å². The fourth-order valence-electron chi connectivity index (χ4n) is 3.63. The van der Waals surface area contributed by atoms with Gasteiger partial charge in [-0.1, -0.05) is 48.5 Å². The van der Waals surface area contributed by atoms with Crippen LogP contribution in [0.4, 0.5) is 11.5 Å². The van der Waals surface area contributed by atoms with Gasteiger partial charge >= 0.3 is 5.69 Å². The van der Waals surface area contributed by atoms with Crippen LogP contribution in [0.1, 0.15) is 11.1 Å². The number of rotatable bonds is 4. The van der Waals surface area contributed by atoms with Gasteiger partial charge < -0.3 is 11.1 Å². The van der Waals surface area contributed by atoms with Crippen molar-refractivity contribution in [1.82, 2.24) is 19.2 Å². The molecule has 0 atom stereocenters. The van der Waals surface area contributed by atoms with Crippen molar-refractivity contribution in [3.63, 3.8) is 0 Å². The molecule has 0 unspecified atom stereocenters. The van der Waals surface area contributed by atoms with Crippen molar-refractivity contribution < 1.29 is 0 Å². The summed E-state index contributed by atoms with van der Waals surface area (Å²) in [6.45, 7) is 2.62. The summed E-state index contributed by atoms with van der Waals surface area (Å²) in [5.41, 5.74) is 11.2. The van der Waals surface area contributed by atoms with Crippen molar-refractivity contribution in [1.29, 1.82) is 0 Å². The van der Waals surface area contributed by atoms with Crippen molar-refractivity contribution in [2.75, 3.05) is 11.1 Å². The van der Waals surface area contributed by atoms with E-state index in [0.717, 1.165) is 16.8 Å². The quantitative estimate of drug-likeness (QED) is 0.485. The van der Waals surface area contributed by atoms with Gasteiger partial charge in [0, 0.05) is 6.54 Å². The molecule has 0 radical (unpaired) electrons. The van der Waals surface area contributed by atoms with E-state index >= 15 is 0 Å². The summed E-state index contributed by atoms with van der Waals surface area (Å²) in [6, 6.07) is 23.3. The number of anilines is 2. The van der Waals surface area contributed by atoms with Gasteiger partial charge in [0.2, 0.25) is 5.65 Å². The van der Waals surface area contributed by atoms with Gasteiger partial charge in [-0.05, 0) is 42.3 Å². The average Bonchev–Trinajstić information content (AvgIpc) is 3.12. The number of aromatic nitrogens is 4. The lowest BCUT2D eigenvalue weighted by atomic mass is 10.1. The maximum atomic E-state index is 13.3. The molecule has 0 bridgehead atoms. The van der Waals surface area contributed by atoms with E-state index in [1.807, 2.05) is 67.6 Å². The Morgan fingerprint density at radius 3 is 2.43 bits per heavy atom. The van der Waals surface area contributed by atoms with Crippen LogP contribution >= 0.6 is 0 Å². The molecule has 30 heavy (non-hydrogen) atoms. The summed E-state index contributed by atoms with van der Waals surface area (Å²) in [5.74, 6) is 0.209. The van der Waals surface area contributed by atoms with Gasteiger partial charge in [0.05, 0.1) is 16.9 Å². The second-order valence-corrected chi connectivity index (χ2v) is 7.21. The largest absolute Gasteiger partial charge is 0.381 e. The first-order valence-electron chi connectivity index (χ1n) is 9.66. The molecule has 3 N–H and O–H groups in total. The van der Waals surface area contributed by atoms with Crippen LogP contribution < -0.4 is 16.7 Å². The molecule has 0 aliphatic rings. The molecule has 0 aliphatic carbocycles. The second kappa shape index (κ2) is 7.04. The van der Waals surface area contributed by atoms with Gasteiger partial charge in [-0.2, -0.15) is 4.68 Å². The van der Waals surface area contributed by atoms with Crippen molar-refractivity contribution >= 4 is 28.2 Å². The molecular formula is C23H20N6O. The third-order valence-corrected chi connectivity index (χ3v) is 5.04. The standard InChI is InChI=1S/C23H20N6O/c1-15-12-18(25-14-16-8-4-2-5-9-16)20-19(13-15)28-22(21(24)26-20)27-29(23(28)30)17-10-6-3-7-11-17/h2-13,25H,14H2,1H3,(H2,24,26). The average molecular weight is 396 g/mol. The molecule has 7 heteroatoms. The summed E-state index contributed by atoms with van der Waals surface area (Å²) in [6.07, 6.45) is 0. The zero-order chi connectivity index (χ0) is 20.7. The second-order valence-electron chi connectivity index (χ2n) is 7.21. The topological polar surface area (TPSA) is 90.2 Å². The number of nitrogens with zero attached hydrogens (tertiary/aromatic N) is 4. The normalized spacial score (nSPS) is 11.2. The van der Waals surface area contributed by atoms with Gasteiger partial charge in [0.15, 0.2) is 5.82 Å². The summed E-state index contributed by atoms with van der Waals surface area (Å²) in [5, 5.41) is 7.88. The van der Waals surface area contributed by atoms with Crippen LogP contribution in [0, 0.1) is 6.92 Å². The Kier molecular flexibility index (Phi) is 4.21. The number of fused-ring (bicyclic) bond motifs is 3. The van der Waals surface area contributed by atoms with Gasteiger partial charge in [0.1, 0.15) is 5.52 Å². The molecule has 2 aromatic heterocycles. The van der Waals surface area contributed by atoms with Crippen LogP contribution in [0.3, 0.4) is 0 Å². The van der Waals surface area contributed by atoms with Crippen LogP contribution in [0.2, 0.25) is 0 Å². The number of hydrogen-bond donors (Lipinski definition) is 2. The zero-order valence-corrected chi connectivity index (χ0v) is 16.4. The van der Waals surface area contributed by atoms with Crippen molar-refractivity contribution in [3.8, 4) is 5.69 Å². The van der Waals surface area contributed by atoms with Crippen LogP contribution in [0.15, 0.2) is 77.6 Å². The number of aryl methyl sites for hydroxylation is 1. The summed E-state index contributed by atoms with van der Waals surface area (Å²) >= 11 is 0. The maximum Gasteiger partial charge on any atom is 0.355 e. The molecule has 0 fully saturated rings. The SMILES string of the molecule is Cc1cc(NCc2ccccc2)c2nc(N)c3nn(-c4ccccc4)c(=O)n3c2c1. The fraction of sp³-hybridized carbons (Fsp3) is 0.0870. The highest BCUT2D eigenvalue weighted by Gasteiger charge is 2.17. The smallest absolute Gasteiger partial charge is 0.355 e. The van der Waals surface area contributed by atoms with Gasteiger partial charge in [-0.15, -0.1) is 5.10 Å². The molecule has 5 rings (SSSR count). The van der Waals surface area contributed by atoms with E-state index < -0.39 is 0 Å². The molecule has 5 aromatic rings. The highest BCUT2D eigenvalue weighted by atomic mass is 16.2. The lowest BCUT2D eigenvalue weighted by Crippen LogP contribution is -2.20. The molecule has 3 aromatic carbocycles. The number of nitrogens with two attached hydrogens (primary N) is 1. The van der Waals surface area contributed by atoms with Gasteiger partial charge in [0.25, 0.3) is 0 Å². The van der Waals surface area contributed by atoms with E-state index in [4.69, 9.17) is 5.73 Å². The molecule has 0 spiro atoms. The third-order valence-electron chi connectivity index (χ3n) is 5.04. The number of nitrogens with one attached hydrogen (secondary N) is 1. The fourth-order valence-corrected chi connectivity index (χ4v) is 3.63. The van der Waals surface area contributed by atoms with E-state index in [-0.39, 0.29) is 11.5 Å². The van der Waals surface area contributed by atoms with E-state index in [9.17, 15) is 4.79 Å². The van der Waals surface area contributed by atoms with Crippen LogP contribution in [-0.2, 0) is 6.54 Å². The first-order chi connectivity index (χ1) is 14.6. The number of hydrogen-bond acceptors (Lipinski definition) is 5. The molecular weight excluding hydrogens is 376 g/mol. The molecule has 0 saturated carbocycles. The van der Waals surface area contributed by atoms with E-state index in [1.54, 1.807) is 0 Å². The predicted octanol–water partition coefficient (Wildman–Crippen LogP) is 3.54. The molecule has 148 valence electrons. The Labute approximate surface area is 172 Å². The van der Waals surface area contributed by atoms with Crippen LogP contribution in [0.25, 0.3) is 22.4 Å². The molecule has 0 saturated heterocycles. The molecule has 7 nitrogen and oxygen atoms in total. The van der Waals surface area contributed by atoms with Crippen LogP contribution in [-0.4, -0.2) is 19.2 Å². The first kappa shape index (κ1) is 17.9. The lowest BCUT2D eigenvalue weighted by molar-refractivity contribution is 0.842. The minimum atomic E-state index is -0.282. The monoisotopic (exact) mass is 396 g/mol. The van der Waals surface area contributed by atoms with Crippen molar-refractivity contribution in [2.45, 2.75) is 13.5 Å². The Bertz CT molecular complexity index is 1420. The van der Waals surface area contributed by atoms with E-state index in [1.165, 1.54) is 9.08 Å². The van der Waals surface area contributed by atoms with E-state index in [0.29, 0.717) is 28.9 Å². The summed E-state index contributed by atoms with van der Waals surface area (Å²) in [7, 11) is 0. The highest BCUT2D eigenvalue weighted by Crippen LogP contribution is 2.26. The number of para-hydroxylation sites is 1. The number of nitrogen functional groups attached to an aromatic ring is 1. The highest BCUT2D eigenvalue weighted by molar-refractivity contribution is 5.92. The Morgan fingerprint density at radius 2 is 1.70 bits per heavy atom. The predicted molar refractivity (Wildman–Crippen MR) is 119 cm³/mol. The Hall–Kier alpha value is -4.13. The van der Waals surface area contributed by atoms with Crippen molar-refractivity contribution in [3.05, 3.63) is 94.4 Å². The number of benzene rings is 3. The summed E-state index contributed by atoms with van der Waals surface area (Å²) < 4.78 is 2.89. The first-order valence-corrected chi connectivity index (χ1v) is 9.66. The molecule has 0 amide bonds. The van der Waals surface area contributed by atoms with Crippen LogP contribution in [0.5, 0.6) is 0 Å². The Morgan fingerprint density at radius 1 is 1.00 bits per heavy atom. The minimum absolute atomic E-state index is 0.209. The van der Waals surface area contributed by atoms with Crippen molar-refractivity contribution in [2.24, 2.45) is 0 Å². The Balaban J connectivity index is 1.71. The zero-order valence-electron chi connectivity index (χ0n) is 16.4. The maximum absolute atomic E-state index is 13.3. The van der Waals surface area contributed by atoms with Gasteiger partial charge in [-0.25, -0.2) is 14.2 Å². The van der Waals surface area contributed by atoms with Gasteiger partial charge in [-0.3, -0.25) is 0 Å². The minimum Gasteiger partial charge on any atom is -0.381 e. The summed E-state index contributed by atoms with van der Waals surface area (Å²) in [4.78, 5) is 17.8. The molecule has 0 aliphatic heterocycles. The third kappa shape index (κ3) is 2.97.